The molecule has 1 fully saturated rings. The summed E-state index contributed by atoms with van der Waals surface area (Å²) in [6, 6.07) is 9.64. The molecule has 0 bridgehead atoms. The molecule has 1 N–H and O–H groups in total. The first-order chi connectivity index (χ1) is 9.69. The number of benzene rings is 1. The predicted octanol–water partition coefficient (Wildman–Crippen LogP) is 1.58. The first-order valence-corrected chi connectivity index (χ1v) is 6.85. The molecule has 20 heavy (non-hydrogen) atoms. The Morgan fingerprint density at radius 3 is 2.80 bits per heavy atom. The average molecular weight is 276 g/mol. The van der Waals surface area contributed by atoms with Crippen molar-refractivity contribution in [2.24, 2.45) is 0 Å². The third-order valence-corrected chi connectivity index (χ3v) is 3.43. The molecule has 1 atom stereocenters. The molecule has 5 heteroatoms. The van der Waals surface area contributed by atoms with Crippen LogP contribution in [-0.4, -0.2) is 43.1 Å². The van der Waals surface area contributed by atoms with Crippen molar-refractivity contribution in [3.63, 3.8) is 0 Å². The number of hydrogen-bond acceptors (Lipinski definition) is 3. The summed E-state index contributed by atoms with van der Waals surface area (Å²) < 4.78 is 4.71. The molecule has 1 heterocycles. The van der Waals surface area contributed by atoms with E-state index in [9.17, 15) is 9.59 Å². The van der Waals surface area contributed by atoms with Crippen LogP contribution >= 0.6 is 0 Å². The lowest BCUT2D eigenvalue weighted by atomic mass is 10.1. The zero-order valence-corrected chi connectivity index (χ0v) is 11.7. The maximum Gasteiger partial charge on any atom is 0.409 e. The molecular formula is C15H20N2O3. The first-order valence-electron chi connectivity index (χ1n) is 6.85. The van der Waals surface area contributed by atoms with Crippen molar-refractivity contribution in [1.29, 1.82) is 0 Å². The zero-order chi connectivity index (χ0) is 14.4. The summed E-state index contributed by atoms with van der Waals surface area (Å²) in [5, 5.41) is 2.99. The lowest BCUT2D eigenvalue weighted by Gasteiger charge is -2.32. The van der Waals surface area contributed by atoms with Gasteiger partial charge in [0.15, 0.2) is 0 Å². The first kappa shape index (κ1) is 14.4. The number of hydrogen-bond donors (Lipinski definition) is 1. The van der Waals surface area contributed by atoms with Gasteiger partial charge in [0.2, 0.25) is 5.91 Å². The molecule has 2 rings (SSSR count). The summed E-state index contributed by atoms with van der Waals surface area (Å²) in [6.07, 6.45) is 1.82. The fourth-order valence-corrected chi connectivity index (χ4v) is 2.45. The van der Waals surface area contributed by atoms with Crippen LogP contribution in [0.25, 0.3) is 0 Å². The Kier molecular flexibility index (Phi) is 4.98. The molecule has 108 valence electrons. The van der Waals surface area contributed by atoms with Crippen molar-refractivity contribution >= 4 is 12.0 Å². The zero-order valence-electron chi connectivity index (χ0n) is 11.7. The minimum absolute atomic E-state index is 0.00656. The Morgan fingerprint density at radius 2 is 2.10 bits per heavy atom. The van der Waals surface area contributed by atoms with E-state index in [0.29, 0.717) is 19.5 Å². The number of nitrogens with zero attached hydrogens (tertiary/aromatic N) is 1. The van der Waals surface area contributed by atoms with Gasteiger partial charge >= 0.3 is 6.09 Å². The molecule has 1 aliphatic rings. The molecule has 0 radical (unpaired) electrons. The van der Waals surface area contributed by atoms with E-state index >= 15 is 0 Å². The second-order valence-corrected chi connectivity index (χ2v) is 4.99. The maximum absolute atomic E-state index is 12.0. The average Bonchev–Trinajstić information content (AvgIpc) is 2.47. The number of amides is 2. The standard InChI is InChI=1S/C15H20N2O3/c1-20-15(19)17-9-5-8-13(11-17)16-14(18)10-12-6-3-2-4-7-12/h2-4,6-7,13H,5,8-11H2,1H3,(H,16,18). The van der Waals surface area contributed by atoms with Crippen LogP contribution in [0.4, 0.5) is 4.79 Å². The van der Waals surface area contributed by atoms with Gasteiger partial charge in [-0.25, -0.2) is 4.79 Å². The molecule has 0 aliphatic carbocycles. The van der Waals surface area contributed by atoms with Crippen molar-refractivity contribution < 1.29 is 14.3 Å². The molecule has 1 aromatic carbocycles. The molecule has 1 aliphatic heterocycles. The quantitative estimate of drug-likeness (QED) is 0.911. The summed E-state index contributed by atoms with van der Waals surface area (Å²) in [5.74, 6) is -0.00656. The van der Waals surface area contributed by atoms with Gasteiger partial charge in [-0.2, -0.15) is 0 Å². The van der Waals surface area contributed by atoms with Gasteiger partial charge in [-0.1, -0.05) is 30.3 Å². The van der Waals surface area contributed by atoms with Gasteiger partial charge in [0.05, 0.1) is 13.5 Å². The van der Waals surface area contributed by atoms with E-state index in [1.54, 1.807) is 4.90 Å². The second kappa shape index (κ2) is 6.93. The van der Waals surface area contributed by atoms with Crippen LogP contribution in [-0.2, 0) is 16.0 Å². The molecule has 0 saturated carbocycles. The third kappa shape index (κ3) is 3.98. The van der Waals surface area contributed by atoms with Crippen molar-refractivity contribution in [2.75, 3.05) is 20.2 Å². The van der Waals surface area contributed by atoms with Crippen LogP contribution in [0.15, 0.2) is 30.3 Å². The van der Waals surface area contributed by atoms with E-state index in [4.69, 9.17) is 4.74 Å². The molecule has 5 nitrogen and oxygen atoms in total. The van der Waals surface area contributed by atoms with Crippen molar-refractivity contribution in [3.05, 3.63) is 35.9 Å². The van der Waals surface area contributed by atoms with Crippen molar-refractivity contribution in [3.8, 4) is 0 Å². The Bertz CT molecular complexity index is 461. The fourth-order valence-electron chi connectivity index (χ4n) is 2.45. The summed E-state index contributed by atoms with van der Waals surface area (Å²) in [5.41, 5.74) is 0.991. The van der Waals surface area contributed by atoms with E-state index in [0.717, 1.165) is 18.4 Å². The summed E-state index contributed by atoms with van der Waals surface area (Å²) in [6.45, 7) is 1.21. The molecule has 1 aromatic rings. The fraction of sp³-hybridized carbons (Fsp3) is 0.467. The lowest BCUT2D eigenvalue weighted by molar-refractivity contribution is -0.121. The molecule has 1 saturated heterocycles. The molecular weight excluding hydrogens is 256 g/mol. The Labute approximate surface area is 118 Å². The smallest absolute Gasteiger partial charge is 0.409 e. The molecule has 2 amide bonds. The number of carbonyl (C=O) groups excluding carboxylic acids is 2. The van der Waals surface area contributed by atoms with Gasteiger partial charge in [-0.05, 0) is 18.4 Å². The summed E-state index contributed by atoms with van der Waals surface area (Å²) in [7, 11) is 1.37. The highest BCUT2D eigenvalue weighted by Crippen LogP contribution is 2.11. The largest absolute Gasteiger partial charge is 0.453 e. The second-order valence-electron chi connectivity index (χ2n) is 4.99. The van der Waals surface area contributed by atoms with Gasteiger partial charge in [0.25, 0.3) is 0 Å². The highest BCUT2D eigenvalue weighted by Gasteiger charge is 2.25. The monoisotopic (exact) mass is 276 g/mol. The lowest BCUT2D eigenvalue weighted by Crippen LogP contribution is -2.49. The van der Waals surface area contributed by atoms with Gasteiger partial charge in [-0.3, -0.25) is 4.79 Å². The van der Waals surface area contributed by atoms with Crippen molar-refractivity contribution in [2.45, 2.75) is 25.3 Å². The van der Waals surface area contributed by atoms with Gasteiger partial charge in [-0.15, -0.1) is 0 Å². The number of nitrogens with one attached hydrogen (secondary N) is 1. The highest BCUT2D eigenvalue weighted by atomic mass is 16.5. The number of methoxy groups -OCH3 is 1. The van der Waals surface area contributed by atoms with Crippen LogP contribution in [0.1, 0.15) is 18.4 Å². The van der Waals surface area contributed by atoms with Crippen molar-refractivity contribution in [1.82, 2.24) is 10.2 Å². The molecule has 1 unspecified atom stereocenters. The van der Waals surface area contributed by atoms with Crippen LogP contribution < -0.4 is 5.32 Å². The number of carbonyl (C=O) groups is 2. The Hall–Kier alpha value is -2.04. The highest BCUT2D eigenvalue weighted by molar-refractivity contribution is 5.79. The van der Waals surface area contributed by atoms with E-state index in [-0.39, 0.29) is 18.0 Å². The Balaban J connectivity index is 1.83. The van der Waals surface area contributed by atoms with E-state index in [1.165, 1.54) is 7.11 Å². The van der Waals surface area contributed by atoms with Gasteiger partial charge < -0.3 is 15.0 Å². The number of piperidine rings is 1. The van der Waals surface area contributed by atoms with Crippen LogP contribution in [0, 0.1) is 0 Å². The third-order valence-electron chi connectivity index (χ3n) is 3.43. The normalized spacial score (nSPS) is 18.4. The number of ether oxygens (including phenoxy) is 1. The Morgan fingerprint density at radius 1 is 1.35 bits per heavy atom. The van der Waals surface area contributed by atoms with Gasteiger partial charge in [0, 0.05) is 19.1 Å². The van der Waals surface area contributed by atoms with Gasteiger partial charge in [0.1, 0.15) is 0 Å². The van der Waals surface area contributed by atoms with Crippen LogP contribution in [0.2, 0.25) is 0 Å². The molecule has 0 spiro atoms. The van der Waals surface area contributed by atoms with E-state index in [2.05, 4.69) is 5.32 Å². The maximum atomic E-state index is 12.0. The van der Waals surface area contributed by atoms with E-state index in [1.807, 2.05) is 30.3 Å². The topological polar surface area (TPSA) is 58.6 Å². The summed E-state index contributed by atoms with van der Waals surface area (Å²) >= 11 is 0. The van der Waals surface area contributed by atoms with E-state index < -0.39 is 0 Å². The minimum atomic E-state index is -0.327. The predicted molar refractivity (Wildman–Crippen MR) is 75.3 cm³/mol. The molecule has 0 aromatic heterocycles. The number of rotatable bonds is 3. The number of likely N-dealkylation sites (tertiary alicyclic amines) is 1. The SMILES string of the molecule is COC(=O)N1CCCC(NC(=O)Cc2ccccc2)C1. The summed E-state index contributed by atoms with van der Waals surface area (Å²) in [4.78, 5) is 25.1. The van der Waals surface area contributed by atoms with Crippen LogP contribution in [0.5, 0.6) is 0 Å². The minimum Gasteiger partial charge on any atom is -0.453 e. The van der Waals surface area contributed by atoms with Crippen LogP contribution in [0.3, 0.4) is 0 Å².